The highest BCUT2D eigenvalue weighted by molar-refractivity contribution is 6.00. The van der Waals surface area contributed by atoms with E-state index in [-0.39, 0.29) is 17.4 Å². The Bertz CT molecular complexity index is 594. The summed E-state index contributed by atoms with van der Waals surface area (Å²) in [4.78, 5) is 15.6. The first-order valence-corrected chi connectivity index (χ1v) is 5.68. The van der Waals surface area contributed by atoms with Crippen molar-refractivity contribution in [2.75, 3.05) is 0 Å². The van der Waals surface area contributed by atoms with E-state index in [1.54, 1.807) is 37.3 Å². The fourth-order valence-electron chi connectivity index (χ4n) is 1.44. The van der Waals surface area contributed by atoms with Crippen LogP contribution in [-0.2, 0) is 0 Å². The predicted molar refractivity (Wildman–Crippen MR) is 70.3 cm³/mol. The second-order valence-corrected chi connectivity index (χ2v) is 3.86. The van der Waals surface area contributed by atoms with Crippen molar-refractivity contribution in [3.8, 4) is 0 Å². The minimum atomic E-state index is -0.387. The molecule has 1 aromatic carbocycles. The number of rotatable bonds is 3. The van der Waals surface area contributed by atoms with Crippen LogP contribution in [0.3, 0.4) is 0 Å². The first-order chi connectivity index (χ1) is 9.16. The fraction of sp³-hybridized carbons (Fsp3) is 0.0714. The number of aromatic nitrogens is 1. The van der Waals surface area contributed by atoms with Crippen LogP contribution >= 0.6 is 0 Å². The highest BCUT2D eigenvalue weighted by Gasteiger charge is 2.05. The SMILES string of the molecule is C/C(=N\NC(=O)c1ccccn1)c1ccc(F)cc1. The van der Waals surface area contributed by atoms with Crippen LogP contribution in [-0.4, -0.2) is 16.6 Å². The number of nitrogens with one attached hydrogen (secondary N) is 1. The van der Waals surface area contributed by atoms with Gasteiger partial charge in [-0.2, -0.15) is 5.10 Å². The summed E-state index contributed by atoms with van der Waals surface area (Å²) in [5.74, 6) is -0.698. The second-order valence-electron chi connectivity index (χ2n) is 3.86. The van der Waals surface area contributed by atoms with Crippen molar-refractivity contribution in [1.29, 1.82) is 0 Å². The van der Waals surface area contributed by atoms with Gasteiger partial charge in [-0.1, -0.05) is 18.2 Å². The third-order valence-electron chi connectivity index (χ3n) is 2.48. The van der Waals surface area contributed by atoms with Crippen LogP contribution in [0.15, 0.2) is 53.8 Å². The van der Waals surface area contributed by atoms with E-state index in [0.717, 1.165) is 5.56 Å². The second kappa shape index (κ2) is 5.86. The van der Waals surface area contributed by atoms with Gasteiger partial charge in [0.15, 0.2) is 0 Å². The Hall–Kier alpha value is -2.56. The van der Waals surface area contributed by atoms with Gasteiger partial charge in [0.1, 0.15) is 11.5 Å². The van der Waals surface area contributed by atoms with E-state index in [2.05, 4.69) is 15.5 Å². The zero-order chi connectivity index (χ0) is 13.7. The number of hydrogen-bond donors (Lipinski definition) is 1. The maximum Gasteiger partial charge on any atom is 0.289 e. The summed E-state index contributed by atoms with van der Waals surface area (Å²) in [5.41, 5.74) is 4.02. The minimum Gasteiger partial charge on any atom is -0.266 e. The van der Waals surface area contributed by atoms with Gasteiger partial charge in [-0.15, -0.1) is 0 Å². The third kappa shape index (κ3) is 3.45. The van der Waals surface area contributed by atoms with Gasteiger partial charge in [0, 0.05) is 6.20 Å². The number of hydrazone groups is 1. The van der Waals surface area contributed by atoms with Crippen molar-refractivity contribution < 1.29 is 9.18 Å². The lowest BCUT2D eigenvalue weighted by molar-refractivity contribution is 0.0950. The zero-order valence-electron chi connectivity index (χ0n) is 10.3. The molecular formula is C14H12FN3O. The van der Waals surface area contributed by atoms with Crippen molar-refractivity contribution >= 4 is 11.6 Å². The number of carbonyl (C=O) groups excluding carboxylic acids is 1. The van der Waals surface area contributed by atoms with E-state index in [0.29, 0.717) is 5.71 Å². The van der Waals surface area contributed by atoms with Gasteiger partial charge in [-0.3, -0.25) is 9.78 Å². The summed E-state index contributed by atoms with van der Waals surface area (Å²) in [6.45, 7) is 1.73. The van der Waals surface area contributed by atoms with Crippen molar-refractivity contribution in [1.82, 2.24) is 10.4 Å². The summed E-state index contributed by atoms with van der Waals surface area (Å²) in [7, 11) is 0. The molecule has 0 spiro atoms. The molecule has 0 aliphatic heterocycles. The van der Waals surface area contributed by atoms with Crippen molar-refractivity contribution in [2.45, 2.75) is 6.92 Å². The lowest BCUT2D eigenvalue weighted by atomic mass is 10.1. The number of amides is 1. The molecule has 0 saturated heterocycles. The molecule has 0 radical (unpaired) electrons. The molecule has 1 amide bonds. The van der Waals surface area contributed by atoms with E-state index < -0.39 is 0 Å². The molecule has 0 aliphatic carbocycles. The number of pyridine rings is 1. The summed E-state index contributed by atoms with van der Waals surface area (Å²) in [6.07, 6.45) is 1.53. The summed E-state index contributed by atoms with van der Waals surface area (Å²) < 4.78 is 12.8. The molecule has 0 bridgehead atoms. The van der Waals surface area contributed by atoms with Gasteiger partial charge in [-0.25, -0.2) is 9.82 Å². The predicted octanol–water partition coefficient (Wildman–Crippen LogP) is 2.37. The lowest BCUT2D eigenvalue weighted by Gasteiger charge is -2.02. The molecule has 2 aromatic rings. The Balaban J connectivity index is 2.06. The Morgan fingerprint density at radius 3 is 2.58 bits per heavy atom. The zero-order valence-corrected chi connectivity index (χ0v) is 10.3. The molecule has 19 heavy (non-hydrogen) atoms. The maximum absolute atomic E-state index is 12.8. The number of hydrogen-bond acceptors (Lipinski definition) is 3. The van der Waals surface area contributed by atoms with Crippen molar-refractivity contribution in [3.05, 3.63) is 65.7 Å². The van der Waals surface area contributed by atoms with E-state index in [4.69, 9.17) is 0 Å². The van der Waals surface area contributed by atoms with Gasteiger partial charge in [-0.05, 0) is 36.8 Å². The summed E-state index contributed by atoms with van der Waals surface area (Å²) in [5, 5.41) is 3.96. The quantitative estimate of drug-likeness (QED) is 0.678. The normalized spacial score (nSPS) is 11.2. The fourth-order valence-corrected chi connectivity index (χ4v) is 1.44. The summed E-state index contributed by atoms with van der Waals surface area (Å²) in [6, 6.07) is 10.9. The monoisotopic (exact) mass is 257 g/mol. The van der Waals surface area contributed by atoms with Crippen LogP contribution in [0.4, 0.5) is 4.39 Å². The van der Waals surface area contributed by atoms with E-state index in [1.807, 2.05) is 0 Å². The van der Waals surface area contributed by atoms with E-state index in [9.17, 15) is 9.18 Å². The molecular weight excluding hydrogens is 245 g/mol. The van der Waals surface area contributed by atoms with Crippen LogP contribution in [0.25, 0.3) is 0 Å². The molecule has 0 atom stereocenters. The highest BCUT2D eigenvalue weighted by Crippen LogP contribution is 2.04. The average molecular weight is 257 g/mol. The largest absolute Gasteiger partial charge is 0.289 e. The van der Waals surface area contributed by atoms with E-state index >= 15 is 0 Å². The molecule has 4 nitrogen and oxygen atoms in total. The third-order valence-corrected chi connectivity index (χ3v) is 2.48. The smallest absolute Gasteiger partial charge is 0.266 e. The minimum absolute atomic E-state index is 0.290. The highest BCUT2D eigenvalue weighted by atomic mass is 19.1. The Kier molecular flexibility index (Phi) is 3.97. The number of benzene rings is 1. The summed E-state index contributed by atoms with van der Waals surface area (Å²) >= 11 is 0. The standard InChI is InChI=1S/C14H12FN3O/c1-10(11-5-7-12(15)8-6-11)17-18-14(19)13-4-2-3-9-16-13/h2-9H,1H3,(H,18,19)/b17-10+. The molecule has 96 valence electrons. The topological polar surface area (TPSA) is 54.4 Å². The first-order valence-electron chi connectivity index (χ1n) is 5.68. The molecule has 0 fully saturated rings. The van der Waals surface area contributed by atoms with Crippen LogP contribution in [0.2, 0.25) is 0 Å². The number of nitrogens with zero attached hydrogens (tertiary/aromatic N) is 2. The Morgan fingerprint density at radius 1 is 1.21 bits per heavy atom. The van der Waals surface area contributed by atoms with Gasteiger partial charge < -0.3 is 0 Å². The Labute approximate surface area is 110 Å². The first kappa shape index (κ1) is 12.9. The van der Waals surface area contributed by atoms with Gasteiger partial charge in [0.25, 0.3) is 5.91 Å². The number of carbonyl (C=O) groups is 1. The maximum atomic E-state index is 12.8. The van der Waals surface area contributed by atoms with Crippen LogP contribution in [0.5, 0.6) is 0 Å². The number of halogens is 1. The Morgan fingerprint density at radius 2 is 1.95 bits per heavy atom. The molecule has 0 unspecified atom stereocenters. The molecule has 0 aliphatic rings. The molecule has 1 N–H and O–H groups in total. The van der Waals surface area contributed by atoms with Crippen LogP contribution < -0.4 is 5.43 Å². The lowest BCUT2D eigenvalue weighted by Crippen LogP contribution is -2.20. The molecule has 5 heteroatoms. The van der Waals surface area contributed by atoms with Crippen LogP contribution in [0.1, 0.15) is 23.0 Å². The molecule has 0 saturated carbocycles. The van der Waals surface area contributed by atoms with Gasteiger partial charge >= 0.3 is 0 Å². The van der Waals surface area contributed by atoms with Gasteiger partial charge in [0.2, 0.25) is 0 Å². The van der Waals surface area contributed by atoms with Crippen molar-refractivity contribution in [3.63, 3.8) is 0 Å². The average Bonchev–Trinajstić information content (AvgIpc) is 2.46. The molecule has 1 heterocycles. The molecule has 1 aromatic heterocycles. The van der Waals surface area contributed by atoms with Crippen molar-refractivity contribution in [2.24, 2.45) is 5.10 Å². The van der Waals surface area contributed by atoms with E-state index in [1.165, 1.54) is 18.3 Å². The van der Waals surface area contributed by atoms with Crippen LogP contribution in [0, 0.1) is 5.82 Å². The molecule has 2 rings (SSSR count). The van der Waals surface area contributed by atoms with Gasteiger partial charge in [0.05, 0.1) is 5.71 Å².